The van der Waals surface area contributed by atoms with Crippen molar-refractivity contribution >= 4 is 50.7 Å². The highest BCUT2D eigenvalue weighted by Gasteiger charge is 2.27. The average molecular weight is 492 g/mol. The maximum Gasteiger partial charge on any atom is 0.264 e. The van der Waals surface area contributed by atoms with Crippen molar-refractivity contribution in [2.24, 2.45) is 11.8 Å². The molecule has 2 aromatic rings. The van der Waals surface area contributed by atoms with Gasteiger partial charge in [0.25, 0.3) is 11.8 Å². The first-order valence-corrected chi connectivity index (χ1v) is 11.5. The van der Waals surface area contributed by atoms with E-state index in [0.29, 0.717) is 28.0 Å². The number of halogens is 1. The molecule has 2 heterocycles. The fourth-order valence-electron chi connectivity index (χ4n) is 3.87. The first-order chi connectivity index (χ1) is 14.2. The number of nitrogens with one attached hydrogen (secondary N) is 1. The summed E-state index contributed by atoms with van der Waals surface area (Å²) >= 11 is 4.66. The first kappa shape index (κ1) is 22.5. The van der Waals surface area contributed by atoms with Crippen molar-refractivity contribution in [1.29, 1.82) is 0 Å². The van der Waals surface area contributed by atoms with Crippen LogP contribution in [-0.2, 0) is 4.79 Å². The lowest BCUT2D eigenvalue weighted by atomic mass is 9.91. The molecule has 0 bridgehead atoms. The van der Waals surface area contributed by atoms with E-state index in [0.717, 1.165) is 23.3 Å². The Labute approximate surface area is 189 Å². The molecule has 0 radical (unpaired) electrons. The second-order valence-electron chi connectivity index (χ2n) is 8.01. The zero-order chi connectivity index (χ0) is 21.8. The van der Waals surface area contributed by atoms with E-state index in [1.54, 1.807) is 43.4 Å². The normalized spacial score (nSPS) is 18.7. The molecule has 160 valence electrons. The lowest BCUT2D eigenvalue weighted by Crippen LogP contribution is -2.43. The zero-order valence-electron chi connectivity index (χ0n) is 17.4. The van der Waals surface area contributed by atoms with E-state index in [-0.39, 0.29) is 24.3 Å². The molecule has 1 saturated heterocycles. The van der Waals surface area contributed by atoms with Gasteiger partial charge in [-0.25, -0.2) is 0 Å². The average Bonchev–Trinajstić information content (AvgIpc) is 3.12. The van der Waals surface area contributed by atoms with Crippen LogP contribution in [0.15, 0.2) is 40.2 Å². The maximum absolute atomic E-state index is 13.1. The van der Waals surface area contributed by atoms with Crippen LogP contribution in [0.3, 0.4) is 0 Å². The number of nitrogens with zero attached hydrogens (tertiary/aromatic N) is 2. The van der Waals surface area contributed by atoms with Crippen molar-refractivity contribution in [3.8, 4) is 0 Å². The van der Waals surface area contributed by atoms with Gasteiger partial charge in [-0.05, 0) is 58.5 Å². The number of hydrogen-bond acceptors (Lipinski definition) is 4. The minimum absolute atomic E-state index is 0.0721. The lowest BCUT2D eigenvalue weighted by molar-refractivity contribution is -0.116. The Bertz CT molecular complexity index is 935. The Morgan fingerprint density at radius 1 is 1.13 bits per heavy atom. The number of piperidine rings is 1. The largest absolute Gasteiger partial charge is 0.338 e. The molecule has 1 aromatic heterocycles. The van der Waals surface area contributed by atoms with Crippen molar-refractivity contribution in [1.82, 2.24) is 9.80 Å². The smallest absolute Gasteiger partial charge is 0.264 e. The van der Waals surface area contributed by atoms with E-state index >= 15 is 0 Å². The quantitative estimate of drug-likeness (QED) is 0.675. The molecule has 1 N–H and O–H groups in total. The van der Waals surface area contributed by atoms with Gasteiger partial charge in [0.15, 0.2) is 0 Å². The van der Waals surface area contributed by atoms with Gasteiger partial charge in [0, 0.05) is 20.1 Å². The molecule has 1 aliphatic heterocycles. The lowest BCUT2D eigenvalue weighted by Gasteiger charge is -2.35. The second kappa shape index (κ2) is 9.75. The van der Waals surface area contributed by atoms with Crippen LogP contribution < -0.4 is 5.32 Å². The summed E-state index contributed by atoms with van der Waals surface area (Å²) < 4.78 is 0.859. The highest BCUT2D eigenvalue weighted by Crippen LogP contribution is 2.25. The minimum atomic E-state index is -0.345. The summed E-state index contributed by atoms with van der Waals surface area (Å²) in [5, 5.41) is 2.81. The standard InChI is InChI=1S/C22H26BrN3O3S/c1-14-10-15(2)12-26(11-14)21(28)16-6-4-5-7-17(16)24-20(27)13-25(3)22(29)18-8-9-19(23)30-18/h4-9,14-15H,10-13H2,1-3H3,(H,24,27). The van der Waals surface area contributed by atoms with Crippen molar-refractivity contribution in [3.05, 3.63) is 50.6 Å². The van der Waals surface area contributed by atoms with E-state index in [2.05, 4.69) is 35.1 Å². The third-order valence-electron chi connectivity index (χ3n) is 5.10. The molecule has 0 saturated carbocycles. The van der Waals surface area contributed by atoms with E-state index in [1.807, 2.05) is 4.90 Å². The molecule has 1 fully saturated rings. The van der Waals surface area contributed by atoms with Gasteiger partial charge < -0.3 is 15.1 Å². The van der Waals surface area contributed by atoms with Crippen LogP contribution in [0.4, 0.5) is 5.69 Å². The number of rotatable bonds is 5. The minimum Gasteiger partial charge on any atom is -0.338 e. The molecule has 1 aromatic carbocycles. The van der Waals surface area contributed by atoms with Crippen molar-refractivity contribution < 1.29 is 14.4 Å². The Kier molecular flexibility index (Phi) is 7.31. The fourth-order valence-corrected chi connectivity index (χ4v) is 5.25. The molecule has 3 amide bonds. The Morgan fingerprint density at radius 2 is 1.80 bits per heavy atom. The number of likely N-dealkylation sites (tertiary alicyclic amines) is 1. The summed E-state index contributed by atoms with van der Waals surface area (Å²) in [5.74, 6) is 0.272. The molecule has 2 unspecified atom stereocenters. The van der Waals surface area contributed by atoms with Gasteiger partial charge in [-0.1, -0.05) is 26.0 Å². The molecule has 2 atom stereocenters. The van der Waals surface area contributed by atoms with Crippen LogP contribution in [0.5, 0.6) is 0 Å². The van der Waals surface area contributed by atoms with E-state index in [9.17, 15) is 14.4 Å². The molecule has 6 nitrogen and oxygen atoms in total. The predicted octanol–water partition coefficient (Wildman–Crippen LogP) is 4.34. The van der Waals surface area contributed by atoms with Crippen molar-refractivity contribution in [2.45, 2.75) is 20.3 Å². The van der Waals surface area contributed by atoms with Crippen LogP contribution in [-0.4, -0.2) is 54.2 Å². The molecule has 0 spiro atoms. The second-order valence-corrected chi connectivity index (χ2v) is 10.5. The van der Waals surface area contributed by atoms with Gasteiger partial charge in [-0.2, -0.15) is 0 Å². The number of para-hydroxylation sites is 1. The predicted molar refractivity (Wildman–Crippen MR) is 123 cm³/mol. The summed E-state index contributed by atoms with van der Waals surface area (Å²) in [4.78, 5) is 42.0. The SMILES string of the molecule is CC1CC(C)CN(C(=O)c2ccccc2NC(=O)CN(C)C(=O)c2ccc(Br)s2)C1. The third-order valence-corrected chi connectivity index (χ3v) is 6.71. The molecule has 0 aliphatic carbocycles. The summed E-state index contributed by atoms with van der Waals surface area (Å²) in [6, 6.07) is 10.6. The van der Waals surface area contributed by atoms with Crippen LogP contribution >= 0.6 is 27.3 Å². The number of thiophene rings is 1. The Hall–Kier alpha value is -2.19. The number of carbonyl (C=O) groups excluding carboxylic acids is 3. The maximum atomic E-state index is 13.1. The zero-order valence-corrected chi connectivity index (χ0v) is 19.8. The van der Waals surface area contributed by atoms with Gasteiger partial charge in [-0.15, -0.1) is 11.3 Å². The summed E-state index contributed by atoms with van der Waals surface area (Å²) in [6.45, 7) is 5.65. The van der Waals surface area contributed by atoms with Crippen LogP contribution in [0, 0.1) is 11.8 Å². The topological polar surface area (TPSA) is 69.7 Å². The monoisotopic (exact) mass is 491 g/mol. The van der Waals surface area contributed by atoms with E-state index in [4.69, 9.17) is 0 Å². The number of benzene rings is 1. The van der Waals surface area contributed by atoms with Crippen molar-refractivity contribution in [3.63, 3.8) is 0 Å². The van der Waals surface area contributed by atoms with Gasteiger partial charge in [-0.3, -0.25) is 14.4 Å². The van der Waals surface area contributed by atoms with Gasteiger partial charge >= 0.3 is 0 Å². The Morgan fingerprint density at radius 3 is 2.43 bits per heavy atom. The van der Waals surface area contributed by atoms with Crippen molar-refractivity contribution in [2.75, 3.05) is 32.0 Å². The number of likely N-dealkylation sites (N-methyl/N-ethyl adjacent to an activating group) is 1. The molecule has 30 heavy (non-hydrogen) atoms. The fraction of sp³-hybridized carbons (Fsp3) is 0.409. The number of hydrogen-bond donors (Lipinski definition) is 1. The molecule has 3 rings (SSSR count). The van der Waals surface area contributed by atoms with Gasteiger partial charge in [0.05, 0.1) is 26.5 Å². The molecular weight excluding hydrogens is 466 g/mol. The number of anilines is 1. The van der Waals surface area contributed by atoms with Crippen LogP contribution in [0.1, 0.15) is 40.3 Å². The van der Waals surface area contributed by atoms with Gasteiger partial charge in [0.2, 0.25) is 5.91 Å². The third kappa shape index (κ3) is 5.49. The first-order valence-electron chi connectivity index (χ1n) is 9.93. The van der Waals surface area contributed by atoms with E-state index in [1.165, 1.54) is 16.2 Å². The molecular formula is C22H26BrN3O3S. The van der Waals surface area contributed by atoms with E-state index < -0.39 is 0 Å². The van der Waals surface area contributed by atoms with Crippen LogP contribution in [0.2, 0.25) is 0 Å². The Balaban J connectivity index is 1.67. The molecule has 1 aliphatic rings. The van der Waals surface area contributed by atoms with Crippen LogP contribution in [0.25, 0.3) is 0 Å². The summed E-state index contributed by atoms with van der Waals surface area (Å²) in [6.07, 6.45) is 1.11. The number of carbonyl (C=O) groups is 3. The number of amides is 3. The highest BCUT2D eigenvalue weighted by atomic mass is 79.9. The summed E-state index contributed by atoms with van der Waals surface area (Å²) in [7, 11) is 1.59. The van der Waals surface area contributed by atoms with Gasteiger partial charge in [0.1, 0.15) is 0 Å². The molecule has 8 heteroatoms. The summed E-state index contributed by atoms with van der Waals surface area (Å²) in [5.41, 5.74) is 0.946. The highest BCUT2D eigenvalue weighted by molar-refractivity contribution is 9.11.